The van der Waals surface area contributed by atoms with Gasteiger partial charge in [-0.2, -0.15) is 8.42 Å². The van der Waals surface area contributed by atoms with Crippen molar-refractivity contribution < 1.29 is 17.3 Å². The van der Waals surface area contributed by atoms with Gasteiger partial charge in [-0.15, -0.1) is 0 Å². The van der Waals surface area contributed by atoms with E-state index < -0.39 is 10.1 Å². The average molecular weight is 180 g/mol. The highest BCUT2D eigenvalue weighted by Gasteiger charge is 2.25. The predicted molar refractivity (Wildman–Crippen MR) is 39.8 cm³/mol. The van der Waals surface area contributed by atoms with Gasteiger partial charge in [-0.25, -0.2) is 0 Å². The van der Waals surface area contributed by atoms with Crippen molar-refractivity contribution in [2.24, 2.45) is 0 Å². The molecule has 1 rings (SSSR count). The Morgan fingerprint density at radius 1 is 1.64 bits per heavy atom. The second kappa shape index (κ2) is 3.51. The molecule has 0 aromatic carbocycles. The molecule has 0 saturated carbocycles. The van der Waals surface area contributed by atoms with E-state index in [1.54, 1.807) is 6.92 Å². The van der Waals surface area contributed by atoms with E-state index >= 15 is 0 Å². The zero-order valence-electron chi connectivity index (χ0n) is 6.45. The molecule has 0 spiro atoms. The van der Waals surface area contributed by atoms with Gasteiger partial charge in [-0.3, -0.25) is 4.18 Å². The smallest absolute Gasteiger partial charge is 0.267 e. The minimum Gasteiger partial charge on any atom is -0.371 e. The molecule has 0 aliphatic carbocycles. The Morgan fingerprint density at radius 3 is 2.73 bits per heavy atom. The van der Waals surface area contributed by atoms with Gasteiger partial charge in [0.15, 0.2) is 0 Å². The summed E-state index contributed by atoms with van der Waals surface area (Å²) in [7, 11) is -3.27. The molecule has 5 heteroatoms. The van der Waals surface area contributed by atoms with Crippen LogP contribution >= 0.6 is 0 Å². The van der Waals surface area contributed by atoms with Gasteiger partial charge >= 0.3 is 0 Å². The highest BCUT2D eigenvalue weighted by molar-refractivity contribution is 7.86. The SMILES string of the molecule is CCCS(=O)(=O)OC[C@@H]1CO1. The Kier molecular flexibility index (Phi) is 2.86. The van der Waals surface area contributed by atoms with Gasteiger partial charge < -0.3 is 4.74 Å². The predicted octanol–water partition coefficient (Wildman–Crippen LogP) is 0.142. The highest BCUT2D eigenvalue weighted by Crippen LogP contribution is 2.10. The molecule has 0 unspecified atom stereocenters. The lowest BCUT2D eigenvalue weighted by atomic mass is 10.5. The van der Waals surface area contributed by atoms with Crippen molar-refractivity contribution in [3.8, 4) is 0 Å². The first-order chi connectivity index (χ1) is 5.14. The molecule has 0 radical (unpaired) electrons. The molecule has 0 amide bonds. The molecule has 1 fully saturated rings. The molecule has 0 aromatic heterocycles. The van der Waals surface area contributed by atoms with E-state index in [0.717, 1.165) is 0 Å². The van der Waals surface area contributed by atoms with E-state index in [9.17, 15) is 8.42 Å². The van der Waals surface area contributed by atoms with E-state index in [1.165, 1.54) is 0 Å². The van der Waals surface area contributed by atoms with Crippen LogP contribution < -0.4 is 0 Å². The molecule has 1 aliphatic rings. The third kappa shape index (κ3) is 3.69. The summed E-state index contributed by atoms with van der Waals surface area (Å²) in [5.41, 5.74) is 0. The maximum Gasteiger partial charge on any atom is 0.267 e. The van der Waals surface area contributed by atoms with Crippen LogP contribution in [0.1, 0.15) is 13.3 Å². The summed E-state index contributed by atoms with van der Waals surface area (Å²) >= 11 is 0. The molecule has 0 bridgehead atoms. The Morgan fingerprint density at radius 2 is 2.27 bits per heavy atom. The summed E-state index contributed by atoms with van der Waals surface area (Å²) in [4.78, 5) is 0. The van der Waals surface area contributed by atoms with Gasteiger partial charge in [-0.1, -0.05) is 6.92 Å². The summed E-state index contributed by atoms with van der Waals surface area (Å²) in [6.45, 7) is 2.61. The van der Waals surface area contributed by atoms with Crippen molar-refractivity contribution in [2.45, 2.75) is 19.4 Å². The Balaban J connectivity index is 2.21. The Hall–Kier alpha value is -0.130. The molecule has 0 N–H and O–H groups in total. The minimum atomic E-state index is -3.27. The average Bonchev–Trinajstić information content (AvgIpc) is 2.65. The standard InChI is InChI=1S/C6H12O4S/c1-2-3-11(7,8)10-5-6-4-9-6/h6H,2-5H2,1H3/t6-/m0/s1. The molecular weight excluding hydrogens is 168 g/mol. The number of hydrogen-bond acceptors (Lipinski definition) is 4. The van der Waals surface area contributed by atoms with Crippen LogP contribution in [0.3, 0.4) is 0 Å². The van der Waals surface area contributed by atoms with Crippen LogP contribution in [0.25, 0.3) is 0 Å². The van der Waals surface area contributed by atoms with E-state index in [2.05, 4.69) is 4.18 Å². The van der Waals surface area contributed by atoms with Gasteiger partial charge in [0.05, 0.1) is 19.0 Å². The third-order valence-electron chi connectivity index (χ3n) is 1.29. The van der Waals surface area contributed by atoms with Gasteiger partial charge in [0.2, 0.25) is 0 Å². The lowest BCUT2D eigenvalue weighted by molar-refractivity contribution is 0.266. The number of rotatable bonds is 5. The summed E-state index contributed by atoms with van der Waals surface area (Å²) in [6.07, 6.45) is 0.607. The lowest BCUT2D eigenvalue weighted by Crippen LogP contribution is -2.13. The van der Waals surface area contributed by atoms with Crippen LogP contribution in [0.4, 0.5) is 0 Å². The van der Waals surface area contributed by atoms with Crippen LogP contribution in [0.5, 0.6) is 0 Å². The molecule has 0 aromatic rings. The van der Waals surface area contributed by atoms with Crippen molar-refractivity contribution in [1.29, 1.82) is 0 Å². The summed E-state index contributed by atoms with van der Waals surface area (Å²) in [5.74, 6) is 0.0969. The van der Waals surface area contributed by atoms with Crippen LogP contribution in [-0.4, -0.2) is 33.5 Å². The van der Waals surface area contributed by atoms with Crippen molar-refractivity contribution in [1.82, 2.24) is 0 Å². The van der Waals surface area contributed by atoms with E-state index in [-0.39, 0.29) is 18.5 Å². The summed E-state index contributed by atoms with van der Waals surface area (Å²) in [6, 6.07) is 0. The first-order valence-electron chi connectivity index (χ1n) is 3.63. The molecule has 66 valence electrons. The molecule has 1 saturated heterocycles. The first-order valence-corrected chi connectivity index (χ1v) is 5.20. The van der Waals surface area contributed by atoms with E-state index in [1.807, 2.05) is 0 Å². The highest BCUT2D eigenvalue weighted by atomic mass is 32.2. The van der Waals surface area contributed by atoms with Crippen molar-refractivity contribution in [3.05, 3.63) is 0 Å². The van der Waals surface area contributed by atoms with Crippen LogP contribution in [0.15, 0.2) is 0 Å². The fourth-order valence-electron chi connectivity index (χ4n) is 0.653. The number of hydrogen-bond donors (Lipinski definition) is 0. The Bertz CT molecular complexity index is 205. The largest absolute Gasteiger partial charge is 0.371 e. The van der Waals surface area contributed by atoms with Gasteiger partial charge in [0.1, 0.15) is 6.10 Å². The van der Waals surface area contributed by atoms with Crippen LogP contribution in [0, 0.1) is 0 Å². The second-order valence-corrected chi connectivity index (χ2v) is 4.26. The molecule has 1 heterocycles. The number of ether oxygens (including phenoxy) is 1. The molecule has 1 aliphatic heterocycles. The zero-order chi connectivity index (χ0) is 8.32. The van der Waals surface area contributed by atoms with Gasteiger partial charge in [0, 0.05) is 0 Å². The number of epoxide rings is 1. The Labute approximate surface area is 66.6 Å². The molecular formula is C6H12O4S. The fraction of sp³-hybridized carbons (Fsp3) is 1.00. The van der Waals surface area contributed by atoms with E-state index in [0.29, 0.717) is 13.0 Å². The van der Waals surface area contributed by atoms with Crippen molar-refractivity contribution in [3.63, 3.8) is 0 Å². The molecule has 11 heavy (non-hydrogen) atoms. The monoisotopic (exact) mass is 180 g/mol. The quantitative estimate of drug-likeness (QED) is 0.446. The van der Waals surface area contributed by atoms with Crippen molar-refractivity contribution in [2.75, 3.05) is 19.0 Å². The minimum absolute atomic E-state index is 0.0154. The summed E-state index contributed by atoms with van der Waals surface area (Å²) in [5, 5.41) is 0. The summed E-state index contributed by atoms with van der Waals surface area (Å²) < 4.78 is 31.2. The first kappa shape index (κ1) is 8.96. The zero-order valence-corrected chi connectivity index (χ0v) is 7.26. The maximum atomic E-state index is 10.9. The topological polar surface area (TPSA) is 55.9 Å². The fourth-order valence-corrected chi connectivity index (χ4v) is 1.63. The van der Waals surface area contributed by atoms with Crippen LogP contribution in [0.2, 0.25) is 0 Å². The van der Waals surface area contributed by atoms with Crippen LogP contribution in [-0.2, 0) is 19.0 Å². The lowest BCUT2D eigenvalue weighted by Gasteiger charge is -2.00. The van der Waals surface area contributed by atoms with Gasteiger partial charge in [-0.05, 0) is 6.42 Å². The molecule has 4 nitrogen and oxygen atoms in total. The van der Waals surface area contributed by atoms with Crippen molar-refractivity contribution >= 4 is 10.1 Å². The van der Waals surface area contributed by atoms with Gasteiger partial charge in [0.25, 0.3) is 10.1 Å². The normalized spacial score (nSPS) is 23.5. The molecule has 1 atom stereocenters. The maximum absolute atomic E-state index is 10.9. The second-order valence-electron chi connectivity index (χ2n) is 2.50. The van der Waals surface area contributed by atoms with E-state index in [4.69, 9.17) is 4.74 Å². The third-order valence-corrected chi connectivity index (χ3v) is 2.69.